The van der Waals surface area contributed by atoms with Gasteiger partial charge in [0.1, 0.15) is 5.65 Å². The molecule has 5 nitrogen and oxygen atoms in total. The van der Waals surface area contributed by atoms with Crippen molar-refractivity contribution in [3.8, 4) is 22.5 Å². The molecular weight excluding hydrogens is 916 g/mol. The van der Waals surface area contributed by atoms with Crippen LogP contribution in [0, 0.1) is 26.0 Å². The minimum absolute atomic E-state index is 0. The first-order chi connectivity index (χ1) is 28.7. The monoisotopic (exact) mass is 956 g/mol. The molecule has 3 aromatic heterocycles. The molecule has 0 saturated heterocycles. The average Bonchev–Trinajstić information content (AvgIpc) is 3.78. The molecule has 296 valence electrons. The van der Waals surface area contributed by atoms with Gasteiger partial charge in [-0.25, -0.2) is 4.98 Å². The maximum Gasteiger partial charge on any atom is 0.136 e. The number of pyridine rings is 1. The van der Waals surface area contributed by atoms with E-state index in [9.17, 15) is 0 Å². The summed E-state index contributed by atoms with van der Waals surface area (Å²) in [5.74, 6) is 0. The summed E-state index contributed by atoms with van der Waals surface area (Å²) in [7, 11) is 0. The van der Waals surface area contributed by atoms with Crippen molar-refractivity contribution in [3.05, 3.63) is 187 Å². The summed E-state index contributed by atoms with van der Waals surface area (Å²) in [6.07, 6.45) is 2.20. The second-order valence-corrected chi connectivity index (χ2v) is 16.8. The molecule has 1 aliphatic rings. The van der Waals surface area contributed by atoms with Gasteiger partial charge in [-0.3, -0.25) is 0 Å². The Morgan fingerprint density at radius 2 is 1.25 bits per heavy atom. The molecule has 0 fully saturated rings. The molecule has 0 atom stereocenters. The number of hydrogen-bond acceptors (Lipinski definition) is 2. The van der Waals surface area contributed by atoms with Gasteiger partial charge in [0.25, 0.3) is 0 Å². The first-order valence-electron chi connectivity index (χ1n) is 20.2. The van der Waals surface area contributed by atoms with Gasteiger partial charge < -0.3 is 18.0 Å². The predicted molar refractivity (Wildman–Crippen MR) is 244 cm³/mol. The second-order valence-electron chi connectivity index (χ2n) is 16.8. The molecule has 1 aliphatic heterocycles. The van der Waals surface area contributed by atoms with E-state index in [-0.39, 0.29) is 26.5 Å². The first kappa shape index (κ1) is 37.7. The smallest absolute Gasteiger partial charge is 0.136 e. The van der Waals surface area contributed by atoms with Crippen LogP contribution in [-0.2, 0) is 26.5 Å². The summed E-state index contributed by atoms with van der Waals surface area (Å²) >= 11 is 0. The number of aromatic nitrogens is 4. The first-order valence-corrected chi connectivity index (χ1v) is 20.2. The van der Waals surface area contributed by atoms with Gasteiger partial charge in [0.2, 0.25) is 0 Å². The van der Waals surface area contributed by atoms with Crippen molar-refractivity contribution in [1.82, 2.24) is 18.5 Å². The second kappa shape index (κ2) is 14.3. The number of nitrogens with zero attached hydrogens (tertiary/aromatic N) is 4. The van der Waals surface area contributed by atoms with Crippen molar-refractivity contribution >= 4 is 71.3 Å². The maximum absolute atomic E-state index is 6.65. The van der Waals surface area contributed by atoms with Crippen molar-refractivity contribution in [2.75, 3.05) is 0 Å². The molecule has 4 heterocycles. The van der Waals surface area contributed by atoms with Crippen LogP contribution in [0.5, 0.6) is 0 Å². The van der Waals surface area contributed by atoms with Crippen LogP contribution in [0.2, 0.25) is 0 Å². The van der Waals surface area contributed by atoms with Crippen molar-refractivity contribution in [2.45, 2.75) is 40.0 Å². The zero-order chi connectivity index (χ0) is 40.0. The summed E-state index contributed by atoms with van der Waals surface area (Å²) in [5.41, 5.74) is 14.8. The molecule has 0 aliphatic carbocycles. The summed E-state index contributed by atoms with van der Waals surface area (Å²) in [6.45, 7) is 11.2. The zero-order valence-electron chi connectivity index (χ0n) is 34.0. The summed E-state index contributed by atoms with van der Waals surface area (Å²) in [6, 6.07) is 61.4. The van der Waals surface area contributed by atoms with E-state index in [1.54, 1.807) is 0 Å². The molecule has 11 rings (SSSR count). The summed E-state index contributed by atoms with van der Waals surface area (Å²) < 4.78 is 13.5. The van der Waals surface area contributed by atoms with Crippen LogP contribution < -0.4 is 0 Å². The molecule has 8 bridgehead atoms. The Hall–Kier alpha value is -6.55. The van der Waals surface area contributed by atoms with E-state index in [1.807, 2.05) is 18.2 Å². The fourth-order valence-corrected chi connectivity index (χ4v) is 8.93. The third-order valence-corrected chi connectivity index (χ3v) is 11.6. The van der Waals surface area contributed by atoms with Crippen LogP contribution in [0.4, 0.5) is 0 Å². The Morgan fingerprint density at radius 3 is 2.03 bits per heavy atom. The molecular formula is C54H41N4OPt-3. The molecule has 0 saturated carbocycles. The summed E-state index contributed by atoms with van der Waals surface area (Å²) in [5, 5.41) is 5.48. The van der Waals surface area contributed by atoms with Gasteiger partial charge in [0, 0.05) is 49.5 Å². The summed E-state index contributed by atoms with van der Waals surface area (Å²) in [4.78, 5) is 5.60. The van der Waals surface area contributed by atoms with Crippen LogP contribution >= 0.6 is 0 Å². The molecule has 0 spiro atoms. The number of aryl methyl sites for hydroxylation is 2. The van der Waals surface area contributed by atoms with Gasteiger partial charge in [0.05, 0.1) is 5.52 Å². The topological polar surface area (TPSA) is 40.3 Å². The van der Waals surface area contributed by atoms with Gasteiger partial charge >= 0.3 is 0 Å². The Balaban J connectivity index is 0.00000433. The fourth-order valence-electron chi connectivity index (χ4n) is 8.93. The van der Waals surface area contributed by atoms with Crippen LogP contribution in [-0.4, -0.2) is 18.5 Å². The largest absolute Gasteiger partial charge is 0.510 e. The van der Waals surface area contributed by atoms with Crippen LogP contribution in [0.3, 0.4) is 0 Å². The molecule has 0 unspecified atom stereocenters. The van der Waals surface area contributed by atoms with Gasteiger partial charge in [-0.15, -0.1) is 29.1 Å². The number of benzene rings is 7. The van der Waals surface area contributed by atoms with Crippen LogP contribution in [0.15, 0.2) is 162 Å². The average molecular weight is 957 g/mol. The van der Waals surface area contributed by atoms with Gasteiger partial charge in [0.15, 0.2) is 0 Å². The van der Waals surface area contributed by atoms with E-state index in [2.05, 4.69) is 200 Å². The van der Waals surface area contributed by atoms with Gasteiger partial charge in [-0.1, -0.05) is 141 Å². The Bertz CT molecular complexity index is 3560. The van der Waals surface area contributed by atoms with Gasteiger partial charge in [-0.2, -0.15) is 24.3 Å². The van der Waals surface area contributed by atoms with E-state index in [0.717, 1.165) is 77.1 Å². The maximum atomic E-state index is 6.65. The molecule has 7 aromatic carbocycles. The number of hydrogen-bond donors (Lipinski definition) is 0. The number of fused-ring (bicyclic) bond motifs is 20. The molecule has 0 N–H and O–H groups in total. The van der Waals surface area contributed by atoms with Crippen LogP contribution in [0.25, 0.3) is 93.8 Å². The SMILES string of the molecule is Cc1cc(C)cc(-c2cccc3c4ccccc4c4cc(C(C)(C)C)cc(n4)n4c5[c-]c(ccc5c5ccccc54)oc4[c-]c(ccc4)n4[cH-]n(c23)-c2ccccc2-4)c1.[Pt]. The molecule has 10 aromatic rings. The standard InChI is InChI=1S/C54H41N4O.Pt/c1-34-26-35(2)28-36(27-34)41-19-13-20-46-42-16-6-7-17-43(42)47-29-37(54(3,4)5)30-52(55-47)58-48-21-9-8-18-44(48)45-25-24-40(32-51(45)58)59-39-15-12-14-38(31-39)56-33-57(53(41)46)50-23-11-10-22-49(50)56;/h6-30,33H,1-5H3;/q-3;. The van der Waals surface area contributed by atoms with E-state index in [4.69, 9.17) is 9.40 Å². The Labute approximate surface area is 362 Å². The molecule has 6 heteroatoms. The van der Waals surface area contributed by atoms with E-state index < -0.39 is 0 Å². The molecule has 60 heavy (non-hydrogen) atoms. The zero-order valence-corrected chi connectivity index (χ0v) is 36.3. The van der Waals surface area contributed by atoms with Crippen molar-refractivity contribution in [2.24, 2.45) is 0 Å². The van der Waals surface area contributed by atoms with Crippen molar-refractivity contribution < 1.29 is 25.5 Å². The third kappa shape index (κ3) is 6.19. The van der Waals surface area contributed by atoms with E-state index in [1.165, 1.54) is 22.3 Å². The number of rotatable bonds is 1. The molecule has 0 amide bonds. The van der Waals surface area contributed by atoms with E-state index in [0.29, 0.717) is 11.2 Å². The van der Waals surface area contributed by atoms with Gasteiger partial charge in [-0.05, 0) is 87.2 Å². The van der Waals surface area contributed by atoms with Crippen molar-refractivity contribution in [3.63, 3.8) is 0 Å². The Kier molecular flexibility index (Phi) is 9.00. The molecule has 0 radical (unpaired) electrons. The van der Waals surface area contributed by atoms with E-state index >= 15 is 0 Å². The predicted octanol–water partition coefficient (Wildman–Crippen LogP) is 14.0. The van der Waals surface area contributed by atoms with Crippen molar-refractivity contribution in [1.29, 1.82) is 0 Å². The normalized spacial score (nSPS) is 11.9. The number of imidazole rings is 1. The third-order valence-electron chi connectivity index (χ3n) is 11.6. The van der Waals surface area contributed by atoms with Crippen LogP contribution in [0.1, 0.15) is 37.5 Å². The number of para-hydroxylation sites is 4. The minimum Gasteiger partial charge on any atom is -0.510 e. The minimum atomic E-state index is -0.165. The fraction of sp³-hybridized carbons (Fsp3) is 0.111. The Morgan fingerprint density at radius 1 is 0.583 bits per heavy atom. The quantitative estimate of drug-likeness (QED) is 0.154.